The molecule has 2 amide bonds. The van der Waals surface area contributed by atoms with Crippen molar-refractivity contribution >= 4 is 23.2 Å². The largest absolute Gasteiger partial charge is 0.497 e. The highest BCUT2D eigenvalue weighted by molar-refractivity contribution is 6.09. The van der Waals surface area contributed by atoms with E-state index in [1.165, 1.54) is 12.4 Å². The highest BCUT2D eigenvalue weighted by atomic mass is 16.5. The van der Waals surface area contributed by atoms with E-state index in [0.29, 0.717) is 29.1 Å². The molecule has 4 rings (SSSR count). The molecular weight excluding hydrogens is 366 g/mol. The van der Waals surface area contributed by atoms with Crippen LogP contribution in [-0.2, 0) is 6.42 Å². The summed E-state index contributed by atoms with van der Waals surface area (Å²) in [5.74, 6) is 0.161. The number of nitrogens with zero attached hydrogens (tertiary/aromatic N) is 2. The molecule has 0 fully saturated rings. The lowest BCUT2D eigenvalue weighted by Crippen LogP contribution is -2.35. The molecule has 6 heteroatoms. The maximum absolute atomic E-state index is 13.1. The number of pyridine rings is 1. The maximum Gasteiger partial charge on any atom is 0.259 e. The zero-order valence-electron chi connectivity index (χ0n) is 16.1. The first-order chi connectivity index (χ1) is 14.2. The van der Waals surface area contributed by atoms with Crippen LogP contribution < -0.4 is 15.0 Å². The number of anilines is 2. The highest BCUT2D eigenvalue weighted by Crippen LogP contribution is 2.28. The lowest BCUT2D eigenvalue weighted by molar-refractivity contribution is 0.0984. The summed E-state index contributed by atoms with van der Waals surface area (Å²) in [4.78, 5) is 31.6. The molecule has 1 aromatic heterocycles. The summed E-state index contributed by atoms with van der Waals surface area (Å²) >= 11 is 0. The zero-order chi connectivity index (χ0) is 20.2. The molecule has 2 heterocycles. The first kappa shape index (κ1) is 18.7. The van der Waals surface area contributed by atoms with E-state index in [9.17, 15) is 9.59 Å². The molecule has 0 saturated carbocycles. The van der Waals surface area contributed by atoms with Gasteiger partial charge < -0.3 is 15.0 Å². The van der Waals surface area contributed by atoms with Gasteiger partial charge in [-0.05, 0) is 42.7 Å². The molecule has 1 aliphatic rings. The predicted molar refractivity (Wildman–Crippen MR) is 112 cm³/mol. The Morgan fingerprint density at radius 3 is 2.72 bits per heavy atom. The number of benzene rings is 2. The molecule has 0 atom stereocenters. The predicted octanol–water partition coefficient (Wildman–Crippen LogP) is 3.94. The van der Waals surface area contributed by atoms with Crippen LogP contribution in [0.15, 0.2) is 67.0 Å². The summed E-state index contributed by atoms with van der Waals surface area (Å²) in [6.07, 6.45) is 4.83. The van der Waals surface area contributed by atoms with Crippen LogP contribution in [0.1, 0.15) is 32.7 Å². The normalized spacial score (nSPS) is 12.8. The Hall–Kier alpha value is -3.67. The molecule has 0 saturated heterocycles. The highest BCUT2D eigenvalue weighted by Gasteiger charge is 2.24. The number of fused-ring (bicyclic) bond motifs is 1. The van der Waals surface area contributed by atoms with Gasteiger partial charge in [-0.15, -0.1) is 0 Å². The monoisotopic (exact) mass is 387 g/mol. The number of para-hydroxylation sites is 1. The van der Waals surface area contributed by atoms with Gasteiger partial charge in [-0.1, -0.05) is 24.3 Å². The quantitative estimate of drug-likeness (QED) is 0.736. The van der Waals surface area contributed by atoms with Crippen molar-refractivity contribution in [1.82, 2.24) is 4.98 Å². The van der Waals surface area contributed by atoms with Crippen molar-refractivity contribution in [1.29, 1.82) is 0 Å². The first-order valence-electron chi connectivity index (χ1n) is 9.46. The fourth-order valence-electron chi connectivity index (χ4n) is 3.49. The minimum Gasteiger partial charge on any atom is -0.497 e. The van der Waals surface area contributed by atoms with Gasteiger partial charge in [-0.25, -0.2) is 0 Å². The zero-order valence-corrected chi connectivity index (χ0v) is 16.1. The van der Waals surface area contributed by atoms with Gasteiger partial charge in [-0.3, -0.25) is 14.6 Å². The van der Waals surface area contributed by atoms with Gasteiger partial charge in [-0.2, -0.15) is 0 Å². The smallest absolute Gasteiger partial charge is 0.259 e. The fraction of sp³-hybridized carbons (Fsp3) is 0.174. The minimum atomic E-state index is -0.334. The van der Waals surface area contributed by atoms with Crippen LogP contribution in [0.25, 0.3) is 0 Å². The van der Waals surface area contributed by atoms with Gasteiger partial charge >= 0.3 is 0 Å². The standard InChI is InChI=1S/C23H21N3O3/c1-29-20-9-4-8-19(13-20)25-22(27)17-12-18(15-24-14-17)23(28)26-11-5-7-16-6-2-3-10-21(16)26/h2-4,6,8-10,12-15H,5,7,11H2,1H3,(H,25,27). The van der Waals surface area contributed by atoms with Crippen molar-refractivity contribution in [2.45, 2.75) is 12.8 Å². The Kier molecular flexibility index (Phi) is 5.24. The molecule has 0 aliphatic carbocycles. The summed E-state index contributed by atoms with van der Waals surface area (Å²) < 4.78 is 5.17. The molecule has 146 valence electrons. The molecule has 1 N–H and O–H groups in total. The maximum atomic E-state index is 13.1. The molecule has 0 radical (unpaired) electrons. The average molecular weight is 387 g/mol. The number of methoxy groups -OCH3 is 1. The van der Waals surface area contributed by atoms with Gasteiger partial charge in [0.2, 0.25) is 0 Å². The molecule has 0 spiro atoms. The van der Waals surface area contributed by atoms with E-state index in [1.807, 2.05) is 24.3 Å². The van der Waals surface area contributed by atoms with Crippen LogP contribution in [0.2, 0.25) is 0 Å². The molecule has 6 nitrogen and oxygen atoms in total. The molecule has 1 aliphatic heterocycles. The van der Waals surface area contributed by atoms with Crippen LogP contribution >= 0.6 is 0 Å². The summed E-state index contributed by atoms with van der Waals surface area (Å²) in [6, 6.07) is 16.6. The van der Waals surface area contributed by atoms with Gasteiger partial charge in [0.1, 0.15) is 5.75 Å². The third-order valence-electron chi connectivity index (χ3n) is 4.93. The van der Waals surface area contributed by atoms with Crippen molar-refractivity contribution in [3.05, 3.63) is 83.7 Å². The minimum absolute atomic E-state index is 0.152. The number of carbonyl (C=O) groups is 2. The molecular formula is C23H21N3O3. The lowest BCUT2D eigenvalue weighted by Gasteiger charge is -2.29. The van der Waals surface area contributed by atoms with Crippen molar-refractivity contribution in [3.8, 4) is 5.75 Å². The third kappa shape index (κ3) is 3.96. The van der Waals surface area contributed by atoms with Crippen molar-refractivity contribution < 1.29 is 14.3 Å². The van der Waals surface area contributed by atoms with Gasteiger partial charge in [0.25, 0.3) is 11.8 Å². The molecule has 29 heavy (non-hydrogen) atoms. The number of hydrogen-bond donors (Lipinski definition) is 1. The van der Waals surface area contributed by atoms with Crippen molar-refractivity contribution in [2.75, 3.05) is 23.9 Å². The van der Waals surface area contributed by atoms with Crippen molar-refractivity contribution in [3.63, 3.8) is 0 Å². The number of aromatic nitrogens is 1. The first-order valence-corrected chi connectivity index (χ1v) is 9.46. The molecule has 0 bridgehead atoms. The van der Waals surface area contributed by atoms with E-state index in [0.717, 1.165) is 24.1 Å². The number of rotatable bonds is 4. The van der Waals surface area contributed by atoms with Crippen LogP contribution in [0.5, 0.6) is 5.75 Å². The number of ether oxygens (including phenoxy) is 1. The number of aryl methyl sites for hydroxylation is 1. The second-order valence-electron chi connectivity index (χ2n) is 6.84. The van der Waals surface area contributed by atoms with Gasteiger partial charge in [0, 0.05) is 36.4 Å². The fourth-order valence-corrected chi connectivity index (χ4v) is 3.49. The van der Waals surface area contributed by atoms with Crippen LogP contribution in [0.3, 0.4) is 0 Å². The lowest BCUT2D eigenvalue weighted by atomic mass is 10.0. The topological polar surface area (TPSA) is 71.5 Å². The Bertz CT molecular complexity index is 1060. The van der Waals surface area contributed by atoms with Gasteiger partial charge in [0.05, 0.1) is 18.2 Å². The second-order valence-corrected chi connectivity index (χ2v) is 6.84. The van der Waals surface area contributed by atoms with Crippen LogP contribution in [0.4, 0.5) is 11.4 Å². The number of nitrogens with one attached hydrogen (secondary N) is 1. The second kappa shape index (κ2) is 8.14. The molecule has 0 unspecified atom stereocenters. The van der Waals surface area contributed by atoms with E-state index in [4.69, 9.17) is 4.74 Å². The summed E-state index contributed by atoms with van der Waals surface area (Å²) in [6.45, 7) is 0.649. The molecule has 3 aromatic rings. The summed E-state index contributed by atoms with van der Waals surface area (Å²) in [5.41, 5.74) is 3.40. The Labute approximate surface area is 169 Å². The van der Waals surface area contributed by atoms with E-state index in [-0.39, 0.29) is 11.8 Å². The van der Waals surface area contributed by atoms with E-state index >= 15 is 0 Å². The number of hydrogen-bond acceptors (Lipinski definition) is 4. The average Bonchev–Trinajstić information content (AvgIpc) is 2.78. The van der Waals surface area contributed by atoms with Crippen LogP contribution in [-0.4, -0.2) is 30.5 Å². The van der Waals surface area contributed by atoms with Crippen LogP contribution in [0, 0.1) is 0 Å². The summed E-state index contributed by atoms with van der Waals surface area (Å²) in [5, 5.41) is 2.81. The number of carbonyl (C=O) groups excluding carboxylic acids is 2. The SMILES string of the molecule is COc1cccc(NC(=O)c2cncc(C(=O)N3CCCc4ccccc43)c2)c1. The number of amides is 2. The Balaban J connectivity index is 1.56. The van der Waals surface area contributed by atoms with E-state index in [2.05, 4.69) is 10.3 Å². The van der Waals surface area contributed by atoms with E-state index < -0.39 is 0 Å². The third-order valence-corrected chi connectivity index (χ3v) is 4.93. The Morgan fingerprint density at radius 1 is 1.03 bits per heavy atom. The Morgan fingerprint density at radius 2 is 1.86 bits per heavy atom. The van der Waals surface area contributed by atoms with E-state index in [1.54, 1.807) is 42.3 Å². The van der Waals surface area contributed by atoms with Crippen molar-refractivity contribution in [2.24, 2.45) is 0 Å². The summed E-state index contributed by atoms with van der Waals surface area (Å²) in [7, 11) is 1.57. The molecule has 2 aromatic carbocycles. The van der Waals surface area contributed by atoms with Gasteiger partial charge in [0.15, 0.2) is 0 Å².